The highest BCUT2D eigenvalue weighted by molar-refractivity contribution is 8.00. The zero-order chi connectivity index (χ0) is 14.0. The first-order valence-corrected chi connectivity index (χ1v) is 8.81. The zero-order valence-electron chi connectivity index (χ0n) is 12.6. The Kier molecular flexibility index (Phi) is 4.79. The number of aromatic nitrogens is 1. The minimum Gasteiger partial charge on any atom is -0.343 e. The molecule has 0 aromatic carbocycles. The van der Waals surface area contributed by atoms with Gasteiger partial charge in [-0.1, -0.05) is 6.92 Å². The van der Waals surface area contributed by atoms with E-state index >= 15 is 0 Å². The summed E-state index contributed by atoms with van der Waals surface area (Å²) in [6.45, 7) is 13.2. The van der Waals surface area contributed by atoms with Gasteiger partial charge in [-0.25, -0.2) is 4.98 Å². The Bertz CT molecular complexity index is 411. The Labute approximate surface area is 125 Å². The minimum absolute atomic E-state index is 0.160. The Morgan fingerprint density at radius 1 is 1.42 bits per heavy atom. The van der Waals surface area contributed by atoms with Crippen molar-refractivity contribution in [1.82, 2.24) is 10.3 Å². The molecule has 1 N–H and O–H groups in total. The van der Waals surface area contributed by atoms with E-state index in [-0.39, 0.29) is 5.54 Å². The molecule has 0 amide bonds. The van der Waals surface area contributed by atoms with Crippen molar-refractivity contribution in [2.24, 2.45) is 0 Å². The second kappa shape index (κ2) is 6.02. The average molecular weight is 300 g/mol. The van der Waals surface area contributed by atoms with Gasteiger partial charge in [-0.3, -0.25) is 0 Å². The second-order valence-electron chi connectivity index (χ2n) is 6.22. The molecule has 19 heavy (non-hydrogen) atoms. The molecular formula is C14H25N3S2. The van der Waals surface area contributed by atoms with E-state index in [4.69, 9.17) is 0 Å². The van der Waals surface area contributed by atoms with E-state index in [0.29, 0.717) is 11.3 Å². The van der Waals surface area contributed by atoms with Crippen molar-refractivity contribution in [3.63, 3.8) is 0 Å². The summed E-state index contributed by atoms with van der Waals surface area (Å²) >= 11 is 3.90. The maximum Gasteiger partial charge on any atom is 0.185 e. The van der Waals surface area contributed by atoms with Gasteiger partial charge in [-0.15, -0.1) is 11.3 Å². The van der Waals surface area contributed by atoms with Gasteiger partial charge in [0.2, 0.25) is 0 Å². The molecule has 2 heterocycles. The van der Waals surface area contributed by atoms with Crippen LogP contribution in [0.5, 0.6) is 0 Å². The summed E-state index contributed by atoms with van der Waals surface area (Å²) in [5.41, 5.74) is 0.160. The van der Waals surface area contributed by atoms with Gasteiger partial charge < -0.3 is 10.2 Å². The number of anilines is 1. The normalized spacial score (nSPS) is 24.8. The monoisotopic (exact) mass is 299 g/mol. The first-order valence-electron chi connectivity index (χ1n) is 6.95. The van der Waals surface area contributed by atoms with Crippen LogP contribution in [0.25, 0.3) is 0 Å². The van der Waals surface area contributed by atoms with Crippen LogP contribution < -0.4 is 10.2 Å². The summed E-state index contributed by atoms with van der Waals surface area (Å²) in [7, 11) is 0. The summed E-state index contributed by atoms with van der Waals surface area (Å²) in [6.07, 6.45) is 2.03. The second-order valence-corrected chi connectivity index (χ2v) is 8.80. The van der Waals surface area contributed by atoms with Gasteiger partial charge in [-0.2, -0.15) is 11.8 Å². The molecule has 1 aromatic rings. The highest BCUT2D eigenvalue weighted by Gasteiger charge is 2.27. The topological polar surface area (TPSA) is 28.2 Å². The van der Waals surface area contributed by atoms with Crippen molar-refractivity contribution >= 4 is 28.2 Å². The molecular weight excluding hydrogens is 274 g/mol. The van der Waals surface area contributed by atoms with Crippen LogP contribution in [0.1, 0.15) is 39.5 Å². The third-order valence-electron chi connectivity index (χ3n) is 3.46. The number of thiazole rings is 1. The molecule has 1 aliphatic rings. The molecule has 3 nitrogen and oxygen atoms in total. The lowest BCUT2D eigenvalue weighted by molar-refractivity contribution is 0.426. The van der Waals surface area contributed by atoms with Crippen LogP contribution in [-0.2, 0) is 6.54 Å². The molecule has 1 saturated heterocycles. The van der Waals surface area contributed by atoms with Gasteiger partial charge >= 0.3 is 0 Å². The van der Waals surface area contributed by atoms with Crippen molar-refractivity contribution in [3.05, 3.63) is 11.1 Å². The van der Waals surface area contributed by atoms with Crippen LogP contribution in [0.15, 0.2) is 6.20 Å². The van der Waals surface area contributed by atoms with Gasteiger partial charge in [0.25, 0.3) is 0 Å². The number of rotatable bonds is 3. The van der Waals surface area contributed by atoms with Gasteiger partial charge in [-0.05, 0) is 27.7 Å². The highest BCUT2D eigenvalue weighted by atomic mass is 32.2. The van der Waals surface area contributed by atoms with Gasteiger partial charge in [0.05, 0.1) is 0 Å². The van der Waals surface area contributed by atoms with E-state index in [1.165, 1.54) is 15.8 Å². The molecule has 0 radical (unpaired) electrons. The predicted molar refractivity (Wildman–Crippen MR) is 87.4 cm³/mol. The predicted octanol–water partition coefficient (Wildman–Crippen LogP) is 3.36. The zero-order valence-corrected chi connectivity index (χ0v) is 14.2. The van der Waals surface area contributed by atoms with Gasteiger partial charge in [0, 0.05) is 46.7 Å². The third-order valence-corrected chi connectivity index (χ3v) is 5.84. The van der Waals surface area contributed by atoms with Crippen LogP contribution in [0.4, 0.5) is 5.13 Å². The van der Waals surface area contributed by atoms with Crippen molar-refractivity contribution in [3.8, 4) is 0 Å². The maximum atomic E-state index is 4.62. The fourth-order valence-electron chi connectivity index (χ4n) is 2.07. The average Bonchev–Trinajstić information content (AvgIpc) is 2.78. The first-order chi connectivity index (χ1) is 8.87. The molecule has 0 spiro atoms. The lowest BCUT2D eigenvalue weighted by atomic mass is 10.1. The summed E-state index contributed by atoms with van der Waals surface area (Å²) < 4.78 is 0. The fourth-order valence-corrected chi connectivity index (χ4v) is 4.13. The number of thioether (sulfide) groups is 1. The molecule has 2 unspecified atom stereocenters. The number of nitrogens with zero attached hydrogens (tertiary/aromatic N) is 2. The molecule has 1 fully saturated rings. The van der Waals surface area contributed by atoms with Gasteiger partial charge in [0.15, 0.2) is 5.13 Å². The smallest absolute Gasteiger partial charge is 0.185 e. The number of hydrogen-bond donors (Lipinski definition) is 1. The van der Waals surface area contributed by atoms with Crippen molar-refractivity contribution in [2.75, 3.05) is 17.2 Å². The Balaban J connectivity index is 2.00. The fraction of sp³-hybridized carbons (Fsp3) is 0.786. The van der Waals surface area contributed by atoms with E-state index in [2.05, 4.69) is 61.6 Å². The largest absolute Gasteiger partial charge is 0.343 e. The summed E-state index contributed by atoms with van der Waals surface area (Å²) in [5.74, 6) is 1.21. The molecule has 2 atom stereocenters. The lowest BCUT2D eigenvalue weighted by Gasteiger charge is -2.37. The van der Waals surface area contributed by atoms with E-state index < -0.39 is 0 Å². The molecule has 1 aliphatic heterocycles. The molecule has 0 aliphatic carbocycles. The Morgan fingerprint density at radius 3 is 2.84 bits per heavy atom. The minimum atomic E-state index is 0.160. The molecule has 5 heteroatoms. The summed E-state index contributed by atoms with van der Waals surface area (Å²) in [6, 6.07) is 0.577. The van der Waals surface area contributed by atoms with Crippen LogP contribution >= 0.6 is 23.1 Å². The standard InChI is InChI=1S/C14H25N3S2/c1-10-11(2)18-7-6-17(10)13-15-8-12(19-13)9-16-14(3,4)5/h8,10-11,16H,6-7,9H2,1-5H3. The quantitative estimate of drug-likeness (QED) is 0.926. The van der Waals surface area contributed by atoms with Crippen molar-refractivity contribution < 1.29 is 0 Å². The first kappa shape index (κ1) is 15.1. The molecule has 108 valence electrons. The Hall–Kier alpha value is -0.260. The Morgan fingerprint density at radius 2 is 2.16 bits per heavy atom. The van der Waals surface area contributed by atoms with Crippen molar-refractivity contribution in [1.29, 1.82) is 0 Å². The van der Waals surface area contributed by atoms with Crippen molar-refractivity contribution in [2.45, 2.75) is 58.0 Å². The molecule has 1 aromatic heterocycles. The van der Waals surface area contributed by atoms with Crippen LogP contribution in [0.3, 0.4) is 0 Å². The van der Waals surface area contributed by atoms with E-state index in [9.17, 15) is 0 Å². The maximum absolute atomic E-state index is 4.62. The van der Waals surface area contributed by atoms with Crippen LogP contribution in [0.2, 0.25) is 0 Å². The highest BCUT2D eigenvalue weighted by Crippen LogP contribution is 2.31. The molecule has 2 rings (SSSR count). The number of nitrogens with one attached hydrogen (secondary N) is 1. The van der Waals surface area contributed by atoms with Crippen LogP contribution in [0, 0.1) is 0 Å². The van der Waals surface area contributed by atoms with Crippen LogP contribution in [-0.4, -0.2) is 34.1 Å². The summed E-state index contributed by atoms with van der Waals surface area (Å²) in [4.78, 5) is 8.41. The third kappa shape index (κ3) is 4.10. The van der Waals surface area contributed by atoms with Gasteiger partial charge in [0.1, 0.15) is 0 Å². The lowest BCUT2D eigenvalue weighted by Crippen LogP contribution is -2.44. The summed E-state index contributed by atoms with van der Waals surface area (Å²) in [5, 5.41) is 5.40. The van der Waals surface area contributed by atoms with E-state index in [1.807, 2.05) is 17.5 Å². The molecule has 0 bridgehead atoms. The molecule has 0 saturated carbocycles. The number of hydrogen-bond acceptors (Lipinski definition) is 5. The SMILES string of the molecule is CC1SCCN(c2ncc(CNC(C)(C)C)s2)C1C. The van der Waals surface area contributed by atoms with E-state index in [0.717, 1.165) is 13.1 Å². The van der Waals surface area contributed by atoms with E-state index in [1.54, 1.807) is 0 Å².